The van der Waals surface area contributed by atoms with E-state index in [9.17, 15) is 4.11 Å². The van der Waals surface area contributed by atoms with Gasteiger partial charge in [0.15, 0.2) is 0 Å². The first-order valence-corrected chi connectivity index (χ1v) is 18.0. The van der Waals surface area contributed by atoms with Crippen molar-refractivity contribution in [2.45, 2.75) is 0 Å². The molecule has 11 rings (SSSR count). The van der Waals surface area contributed by atoms with Gasteiger partial charge in [0.2, 0.25) is 0 Å². The van der Waals surface area contributed by atoms with E-state index in [2.05, 4.69) is 71.3 Å². The molecule has 0 fully saturated rings. The van der Waals surface area contributed by atoms with Crippen molar-refractivity contribution in [3.8, 4) is 44.8 Å². The molecule has 2 nitrogen and oxygen atoms in total. The third-order valence-corrected chi connectivity index (χ3v) is 10.6. The second-order valence-corrected chi connectivity index (χ2v) is 13.6. The Hall–Kier alpha value is -7.16. The van der Waals surface area contributed by atoms with E-state index < -0.39 is 12.1 Å². The van der Waals surface area contributed by atoms with E-state index >= 15 is 0 Å². The lowest BCUT2D eigenvalue weighted by Crippen LogP contribution is -1.95. The van der Waals surface area contributed by atoms with Crippen LogP contribution in [0.15, 0.2) is 206 Å². The molecule has 2 aromatic heterocycles. The quantitative estimate of drug-likeness (QED) is 0.170. The van der Waals surface area contributed by atoms with Crippen LogP contribution in [-0.4, -0.2) is 9.13 Å². The summed E-state index contributed by atoms with van der Waals surface area (Å²) in [4.78, 5) is 0. The van der Waals surface area contributed by atoms with Crippen LogP contribution in [0.5, 0.6) is 0 Å². The molecule has 11 aromatic rings. The fraction of sp³-hybridized carbons (Fsp3) is 0. The molecule has 0 unspecified atom stereocenters. The number of aromatic nitrogens is 2. The first-order chi connectivity index (χ1) is 29.7. The van der Waals surface area contributed by atoms with Crippen LogP contribution in [0.4, 0.5) is 0 Å². The molecule has 0 saturated carbocycles. The van der Waals surface area contributed by atoms with Crippen LogP contribution in [0.2, 0.25) is 0 Å². The highest BCUT2D eigenvalue weighted by atomic mass is 15.0. The van der Waals surface area contributed by atoms with Gasteiger partial charge in [-0.05, 0) is 93.1 Å². The molecule has 0 spiro atoms. The Bertz CT molecular complexity index is 3590. The third-order valence-electron chi connectivity index (χ3n) is 10.6. The van der Waals surface area contributed by atoms with Gasteiger partial charge in [-0.3, -0.25) is 0 Å². The van der Waals surface area contributed by atoms with Crippen LogP contribution < -0.4 is 0 Å². The molecule has 0 atom stereocenters. The highest BCUT2D eigenvalue weighted by Gasteiger charge is 2.19. The zero-order valence-corrected chi connectivity index (χ0v) is 29.0. The van der Waals surface area contributed by atoms with Crippen LogP contribution in [0.25, 0.3) is 99.1 Å². The molecule has 0 saturated heterocycles. The fourth-order valence-electron chi connectivity index (χ4n) is 8.10. The van der Waals surface area contributed by atoms with Crippen LogP contribution in [0, 0.1) is 0 Å². The Morgan fingerprint density at radius 1 is 0.352 bits per heavy atom. The summed E-state index contributed by atoms with van der Waals surface area (Å²) in [7, 11) is 0. The molecule has 2 heterocycles. The molecule has 0 radical (unpaired) electrons. The lowest BCUT2D eigenvalue weighted by atomic mass is 9.96. The normalized spacial score (nSPS) is 13.5. The molecule has 0 aliphatic carbocycles. The molecule has 2 heteroatoms. The zero-order chi connectivity index (χ0) is 41.7. The summed E-state index contributed by atoms with van der Waals surface area (Å²) in [6, 6.07) is 52.8. The van der Waals surface area contributed by atoms with Crippen molar-refractivity contribution in [3.05, 3.63) is 206 Å². The van der Waals surface area contributed by atoms with Crippen molar-refractivity contribution < 1.29 is 9.60 Å². The number of hydrogen-bond donors (Lipinski definition) is 0. The van der Waals surface area contributed by atoms with Gasteiger partial charge in [-0.2, -0.15) is 0 Å². The standard InChI is InChI=1S/C52H34N2/c1-3-13-35(14-4-1)36-25-29-41(30-26-36)53-49-24-10-9-20-44(49)47-33-38(27-31-50(47)53)39-28-32-51-48(34-39)46-23-12-22-45(52(46)54(51)40-17-5-2-6-18-40)43-21-11-16-37-15-7-8-19-42(37)43/h1-34H/i9D,10D,20D,24D,27D,31D,33D. The Kier molecular flexibility index (Phi) is 5.47. The molecule has 0 aliphatic heterocycles. The van der Waals surface area contributed by atoms with Gasteiger partial charge in [-0.25, -0.2) is 0 Å². The molecular formula is C52H34N2. The van der Waals surface area contributed by atoms with Crippen molar-refractivity contribution in [2.24, 2.45) is 0 Å². The molecule has 9 aromatic carbocycles. The number of benzene rings is 9. The Morgan fingerprint density at radius 3 is 1.87 bits per heavy atom. The van der Waals surface area contributed by atoms with E-state index in [0.29, 0.717) is 11.3 Å². The summed E-state index contributed by atoms with van der Waals surface area (Å²) in [5.74, 6) is 0. The first kappa shape index (κ1) is 24.2. The van der Waals surface area contributed by atoms with Crippen LogP contribution >= 0.6 is 0 Å². The predicted octanol–water partition coefficient (Wildman–Crippen LogP) is 14.0. The van der Waals surface area contributed by atoms with Crippen LogP contribution in [-0.2, 0) is 0 Å². The average molecular weight is 694 g/mol. The second kappa shape index (κ2) is 12.2. The topological polar surface area (TPSA) is 9.86 Å². The first-order valence-electron chi connectivity index (χ1n) is 21.5. The van der Waals surface area contributed by atoms with Crippen molar-refractivity contribution in [1.82, 2.24) is 9.13 Å². The third kappa shape index (κ3) is 4.74. The van der Waals surface area contributed by atoms with Crippen LogP contribution in [0.3, 0.4) is 0 Å². The highest BCUT2D eigenvalue weighted by molar-refractivity contribution is 6.17. The van der Waals surface area contributed by atoms with Gasteiger partial charge in [0.05, 0.1) is 31.7 Å². The minimum atomic E-state index is -0.421. The minimum Gasteiger partial charge on any atom is -0.309 e. The summed E-state index contributed by atoms with van der Waals surface area (Å²) in [5.41, 5.74) is 8.76. The van der Waals surface area contributed by atoms with Crippen molar-refractivity contribution >= 4 is 54.4 Å². The average Bonchev–Trinajstić information content (AvgIpc) is 3.84. The Labute approximate surface area is 323 Å². The van der Waals surface area contributed by atoms with Gasteiger partial charge in [0.25, 0.3) is 0 Å². The number of hydrogen-bond acceptors (Lipinski definition) is 0. The molecule has 252 valence electrons. The smallest absolute Gasteiger partial charge is 0.0645 e. The molecular weight excluding hydrogens is 653 g/mol. The highest BCUT2D eigenvalue weighted by Crippen LogP contribution is 2.42. The van der Waals surface area contributed by atoms with E-state index in [1.807, 2.05) is 97.1 Å². The summed E-state index contributed by atoms with van der Waals surface area (Å²) in [6.07, 6.45) is 0. The fourth-order valence-corrected chi connectivity index (χ4v) is 8.10. The van der Waals surface area contributed by atoms with Crippen molar-refractivity contribution in [1.29, 1.82) is 0 Å². The summed E-state index contributed by atoms with van der Waals surface area (Å²) < 4.78 is 68.5. The summed E-state index contributed by atoms with van der Waals surface area (Å²) in [5, 5.41) is 4.53. The van der Waals surface area contributed by atoms with Gasteiger partial charge in [-0.1, -0.05) is 152 Å². The van der Waals surface area contributed by atoms with Crippen molar-refractivity contribution in [3.63, 3.8) is 0 Å². The largest absolute Gasteiger partial charge is 0.309 e. The lowest BCUT2D eigenvalue weighted by Gasteiger charge is -2.13. The van der Waals surface area contributed by atoms with E-state index in [-0.39, 0.29) is 57.6 Å². The van der Waals surface area contributed by atoms with Gasteiger partial charge in [-0.15, -0.1) is 0 Å². The van der Waals surface area contributed by atoms with Gasteiger partial charge >= 0.3 is 0 Å². The van der Waals surface area contributed by atoms with E-state index in [1.165, 1.54) is 0 Å². The van der Waals surface area contributed by atoms with Gasteiger partial charge in [0.1, 0.15) is 0 Å². The molecule has 0 amide bonds. The summed E-state index contributed by atoms with van der Waals surface area (Å²) in [6.45, 7) is 0. The van der Waals surface area contributed by atoms with E-state index in [4.69, 9.17) is 5.48 Å². The maximum Gasteiger partial charge on any atom is 0.0645 e. The zero-order valence-electron chi connectivity index (χ0n) is 36.0. The number of fused-ring (bicyclic) bond motifs is 7. The number of rotatable bonds is 5. The Morgan fingerprint density at radius 2 is 1.00 bits per heavy atom. The van der Waals surface area contributed by atoms with Crippen molar-refractivity contribution in [2.75, 3.05) is 0 Å². The molecule has 0 N–H and O–H groups in total. The monoisotopic (exact) mass is 693 g/mol. The Balaban J connectivity index is 1.20. The van der Waals surface area contributed by atoms with Gasteiger partial charge < -0.3 is 9.13 Å². The molecule has 0 aliphatic rings. The van der Waals surface area contributed by atoms with Crippen LogP contribution in [0.1, 0.15) is 9.60 Å². The minimum absolute atomic E-state index is 0.0757. The lowest BCUT2D eigenvalue weighted by molar-refractivity contribution is 1.18. The maximum atomic E-state index is 9.87. The molecule has 54 heavy (non-hydrogen) atoms. The van der Waals surface area contributed by atoms with E-state index in [0.717, 1.165) is 60.5 Å². The predicted molar refractivity (Wildman–Crippen MR) is 229 cm³/mol. The van der Waals surface area contributed by atoms with E-state index in [1.54, 1.807) is 4.57 Å². The van der Waals surface area contributed by atoms with Gasteiger partial charge in [0, 0.05) is 38.5 Å². The summed E-state index contributed by atoms with van der Waals surface area (Å²) >= 11 is 0. The second-order valence-electron chi connectivity index (χ2n) is 13.6. The molecule has 0 bridgehead atoms. The number of para-hydroxylation sites is 3. The number of nitrogens with zero attached hydrogens (tertiary/aromatic N) is 2. The maximum absolute atomic E-state index is 9.87. The SMILES string of the molecule is [2H]c1c([2H])c([2H])c2c(c1[2H])c1c([2H])c(-c3ccc4c(c3)c3cccc(-c5cccc6ccccc56)c3n4-c3ccccc3)c([2H])c([2H])c1n2-c1ccc(-c2ccccc2)cc1.